The maximum Gasteiger partial charge on any atom is 0.0572 e. The summed E-state index contributed by atoms with van der Waals surface area (Å²) >= 11 is 5.67. The monoisotopic (exact) mass is 203 g/mol. The lowest BCUT2D eigenvalue weighted by molar-refractivity contribution is 0.0629. The Bertz CT molecular complexity index is 164. The molecule has 1 aliphatic rings. The Morgan fingerprint density at radius 3 is 2.54 bits per heavy atom. The van der Waals surface area contributed by atoms with E-state index in [2.05, 4.69) is 11.9 Å². The highest BCUT2D eigenvalue weighted by Crippen LogP contribution is 2.20. The summed E-state index contributed by atoms with van der Waals surface area (Å²) in [5.41, 5.74) is 0. The molecule has 0 aromatic carbocycles. The van der Waals surface area contributed by atoms with Crippen molar-refractivity contribution in [2.24, 2.45) is 0 Å². The van der Waals surface area contributed by atoms with E-state index < -0.39 is 0 Å². The minimum Gasteiger partial charge on any atom is -0.381 e. The van der Waals surface area contributed by atoms with Gasteiger partial charge in [-0.1, -0.05) is 18.2 Å². The lowest BCUT2D eigenvalue weighted by Crippen LogP contribution is -2.35. The average Bonchev–Trinajstić information content (AvgIpc) is 2.15. The first kappa shape index (κ1) is 11.0. The van der Waals surface area contributed by atoms with Gasteiger partial charge in [0.05, 0.1) is 6.10 Å². The van der Waals surface area contributed by atoms with E-state index in [1.807, 2.05) is 0 Å². The van der Waals surface area contributed by atoms with Crippen LogP contribution in [0.3, 0.4) is 0 Å². The summed E-state index contributed by atoms with van der Waals surface area (Å²) in [6, 6.07) is 0.599. The number of hydrogen-bond donors (Lipinski definition) is 1. The number of hydrogen-bond acceptors (Lipinski definition) is 2. The summed E-state index contributed by atoms with van der Waals surface area (Å²) in [7, 11) is 1.79. The topological polar surface area (TPSA) is 21.3 Å². The highest BCUT2D eigenvalue weighted by atomic mass is 35.5. The fourth-order valence-corrected chi connectivity index (χ4v) is 1.83. The number of ether oxygens (including phenoxy) is 1. The Morgan fingerprint density at radius 2 is 2.08 bits per heavy atom. The Balaban J connectivity index is 2.14. The second-order valence-electron chi connectivity index (χ2n) is 3.61. The molecule has 76 valence electrons. The number of methoxy groups -OCH3 is 1. The molecule has 1 saturated carbocycles. The number of nitrogens with one attached hydrogen (secondary N) is 1. The summed E-state index contributed by atoms with van der Waals surface area (Å²) in [5, 5.41) is 4.07. The molecule has 1 rings (SSSR count). The van der Waals surface area contributed by atoms with Crippen LogP contribution >= 0.6 is 11.6 Å². The fourth-order valence-electron chi connectivity index (χ4n) is 1.76. The predicted octanol–water partition coefficient (Wildman–Crippen LogP) is 2.29. The van der Waals surface area contributed by atoms with Crippen LogP contribution in [0.1, 0.15) is 25.7 Å². The molecule has 0 saturated heterocycles. The van der Waals surface area contributed by atoms with Crippen molar-refractivity contribution in [3.05, 3.63) is 11.6 Å². The van der Waals surface area contributed by atoms with Gasteiger partial charge < -0.3 is 10.1 Å². The zero-order chi connectivity index (χ0) is 9.68. The molecule has 0 heterocycles. The molecule has 13 heavy (non-hydrogen) atoms. The highest BCUT2D eigenvalue weighted by molar-refractivity contribution is 6.29. The summed E-state index contributed by atoms with van der Waals surface area (Å²) in [6.07, 6.45) is 5.15. The third-order valence-electron chi connectivity index (χ3n) is 2.59. The highest BCUT2D eigenvalue weighted by Gasteiger charge is 2.19. The van der Waals surface area contributed by atoms with E-state index in [4.69, 9.17) is 16.3 Å². The van der Waals surface area contributed by atoms with Gasteiger partial charge in [0.15, 0.2) is 0 Å². The minimum atomic E-state index is 0.470. The van der Waals surface area contributed by atoms with Crippen LogP contribution in [-0.2, 0) is 4.74 Å². The third kappa shape index (κ3) is 4.12. The van der Waals surface area contributed by atoms with Crippen molar-refractivity contribution in [3.8, 4) is 0 Å². The molecule has 0 radical (unpaired) electrons. The summed E-state index contributed by atoms with van der Waals surface area (Å²) in [6.45, 7) is 4.37. The quantitative estimate of drug-likeness (QED) is 0.757. The van der Waals surface area contributed by atoms with Crippen molar-refractivity contribution in [1.29, 1.82) is 0 Å². The van der Waals surface area contributed by atoms with Crippen molar-refractivity contribution in [2.45, 2.75) is 37.8 Å². The van der Waals surface area contributed by atoms with Crippen LogP contribution in [0.4, 0.5) is 0 Å². The molecule has 1 aliphatic carbocycles. The van der Waals surface area contributed by atoms with Gasteiger partial charge in [0.2, 0.25) is 0 Å². The second-order valence-corrected chi connectivity index (χ2v) is 4.14. The van der Waals surface area contributed by atoms with E-state index in [0.29, 0.717) is 17.2 Å². The number of rotatable bonds is 4. The van der Waals surface area contributed by atoms with Crippen molar-refractivity contribution in [3.63, 3.8) is 0 Å². The molecule has 1 fully saturated rings. The van der Waals surface area contributed by atoms with Crippen LogP contribution in [0.15, 0.2) is 11.6 Å². The van der Waals surface area contributed by atoms with Gasteiger partial charge in [-0.3, -0.25) is 0 Å². The summed E-state index contributed by atoms with van der Waals surface area (Å²) in [5.74, 6) is 0. The van der Waals surface area contributed by atoms with Crippen molar-refractivity contribution in [2.75, 3.05) is 13.7 Å². The fraction of sp³-hybridized carbons (Fsp3) is 0.800. The van der Waals surface area contributed by atoms with Gasteiger partial charge in [0.1, 0.15) is 0 Å². The van der Waals surface area contributed by atoms with Gasteiger partial charge in [0, 0.05) is 24.7 Å². The molecule has 1 N–H and O–H groups in total. The van der Waals surface area contributed by atoms with Gasteiger partial charge in [-0.05, 0) is 25.7 Å². The molecule has 0 amide bonds. The molecule has 0 bridgehead atoms. The number of halogens is 1. The Hall–Kier alpha value is -0.0500. The first-order valence-corrected chi connectivity index (χ1v) is 5.19. The van der Waals surface area contributed by atoms with E-state index in [0.717, 1.165) is 19.4 Å². The third-order valence-corrected chi connectivity index (χ3v) is 2.72. The molecule has 2 nitrogen and oxygen atoms in total. The van der Waals surface area contributed by atoms with Gasteiger partial charge in [-0.25, -0.2) is 0 Å². The van der Waals surface area contributed by atoms with Crippen LogP contribution in [0.25, 0.3) is 0 Å². The van der Waals surface area contributed by atoms with Gasteiger partial charge in [-0.2, -0.15) is 0 Å². The van der Waals surface area contributed by atoms with Crippen molar-refractivity contribution < 1.29 is 4.74 Å². The first-order valence-electron chi connectivity index (χ1n) is 4.82. The zero-order valence-corrected chi connectivity index (χ0v) is 8.94. The smallest absolute Gasteiger partial charge is 0.0572 e. The molecule has 0 aromatic heterocycles. The van der Waals surface area contributed by atoms with Crippen LogP contribution in [0.5, 0.6) is 0 Å². The SMILES string of the molecule is C=C(Cl)CNC1CCC(OC)CC1. The van der Waals surface area contributed by atoms with Crippen molar-refractivity contribution >= 4 is 11.6 Å². The van der Waals surface area contributed by atoms with Crippen LogP contribution in [0.2, 0.25) is 0 Å². The molecule has 0 spiro atoms. The standard InChI is InChI=1S/C10H18ClNO/c1-8(11)7-12-9-3-5-10(13-2)6-4-9/h9-10,12H,1,3-7H2,2H3. The maximum absolute atomic E-state index is 5.67. The second kappa shape index (κ2) is 5.63. The van der Waals surface area contributed by atoms with Gasteiger partial charge >= 0.3 is 0 Å². The van der Waals surface area contributed by atoms with Gasteiger partial charge in [-0.15, -0.1) is 0 Å². The summed E-state index contributed by atoms with van der Waals surface area (Å²) < 4.78 is 5.29. The van der Waals surface area contributed by atoms with Crippen molar-refractivity contribution in [1.82, 2.24) is 5.32 Å². The molecule has 0 aromatic rings. The molecule has 3 heteroatoms. The van der Waals surface area contributed by atoms with E-state index in [1.165, 1.54) is 12.8 Å². The van der Waals surface area contributed by atoms with Crippen LogP contribution in [0, 0.1) is 0 Å². The van der Waals surface area contributed by atoms with E-state index in [9.17, 15) is 0 Å². The molecule has 0 atom stereocenters. The van der Waals surface area contributed by atoms with E-state index in [-0.39, 0.29) is 0 Å². The Kier molecular flexibility index (Phi) is 4.78. The Labute approximate surface area is 85.3 Å². The lowest BCUT2D eigenvalue weighted by Gasteiger charge is -2.28. The van der Waals surface area contributed by atoms with Crippen LogP contribution < -0.4 is 5.32 Å². The lowest BCUT2D eigenvalue weighted by atomic mass is 9.93. The summed E-state index contributed by atoms with van der Waals surface area (Å²) in [4.78, 5) is 0. The molecule has 0 unspecified atom stereocenters. The minimum absolute atomic E-state index is 0.470. The van der Waals surface area contributed by atoms with Gasteiger partial charge in [0.25, 0.3) is 0 Å². The van der Waals surface area contributed by atoms with Crippen LogP contribution in [-0.4, -0.2) is 25.8 Å². The molecule has 0 aliphatic heterocycles. The molecular formula is C10H18ClNO. The van der Waals surface area contributed by atoms with E-state index >= 15 is 0 Å². The Morgan fingerprint density at radius 1 is 1.46 bits per heavy atom. The first-order chi connectivity index (χ1) is 6.22. The largest absolute Gasteiger partial charge is 0.381 e. The predicted molar refractivity (Wildman–Crippen MR) is 56.0 cm³/mol. The molecular weight excluding hydrogens is 186 g/mol. The normalized spacial score (nSPS) is 28.8. The average molecular weight is 204 g/mol. The maximum atomic E-state index is 5.67. The van der Waals surface area contributed by atoms with E-state index in [1.54, 1.807) is 7.11 Å². The zero-order valence-electron chi connectivity index (χ0n) is 8.18.